The van der Waals surface area contributed by atoms with E-state index < -0.39 is 15.7 Å². The fraction of sp³-hybridized carbons (Fsp3) is 0.409. The van der Waals surface area contributed by atoms with Crippen LogP contribution in [-0.2, 0) is 22.1 Å². The minimum atomic E-state index is -3.23. The van der Waals surface area contributed by atoms with Crippen LogP contribution in [0.3, 0.4) is 0 Å². The SMILES string of the molecule is CCNC(=NCc1cc(F)ccc1CS(C)(=O)=O)NCC(CC)Oc1ccccc1.I. The van der Waals surface area contributed by atoms with Crippen molar-refractivity contribution in [3.05, 3.63) is 65.5 Å². The van der Waals surface area contributed by atoms with Crippen LogP contribution in [0.2, 0.25) is 0 Å². The first kappa shape index (κ1) is 27.2. The minimum Gasteiger partial charge on any atom is -0.489 e. The first-order valence-corrected chi connectivity index (χ1v) is 12.1. The number of benzene rings is 2. The van der Waals surface area contributed by atoms with Crippen LogP contribution in [0.4, 0.5) is 4.39 Å². The molecule has 9 heteroatoms. The van der Waals surface area contributed by atoms with Gasteiger partial charge < -0.3 is 15.4 Å². The Kier molecular flexibility index (Phi) is 11.8. The lowest BCUT2D eigenvalue weighted by Crippen LogP contribution is -2.42. The van der Waals surface area contributed by atoms with Crippen molar-refractivity contribution in [1.29, 1.82) is 0 Å². The van der Waals surface area contributed by atoms with Crippen LogP contribution >= 0.6 is 24.0 Å². The second kappa shape index (κ2) is 13.5. The Morgan fingerprint density at radius 3 is 2.42 bits per heavy atom. The third kappa shape index (κ3) is 10.3. The van der Waals surface area contributed by atoms with Crippen molar-refractivity contribution >= 4 is 39.8 Å². The molecule has 2 aromatic carbocycles. The number of para-hydroxylation sites is 1. The molecule has 0 saturated heterocycles. The molecule has 172 valence electrons. The van der Waals surface area contributed by atoms with Crippen LogP contribution in [0.5, 0.6) is 5.75 Å². The fourth-order valence-corrected chi connectivity index (χ4v) is 3.69. The zero-order valence-electron chi connectivity index (χ0n) is 18.1. The van der Waals surface area contributed by atoms with Gasteiger partial charge in [-0.25, -0.2) is 17.8 Å². The topological polar surface area (TPSA) is 79.8 Å². The van der Waals surface area contributed by atoms with Crippen molar-refractivity contribution in [2.75, 3.05) is 19.3 Å². The van der Waals surface area contributed by atoms with Crippen LogP contribution in [-0.4, -0.2) is 39.8 Å². The van der Waals surface area contributed by atoms with Crippen molar-refractivity contribution in [2.24, 2.45) is 4.99 Å². The maximum absolute atomic E-state index is 13.7. The van der Waals surface area contributed by atoms with Gasteiger partial charge >= 0.3 is 0 Å². The third-order valence-corrected chi connectivity index (χ3v) is 5.17. The molecule has 1 unspecified atom stereocenters. The molecule has 31 heavy (non-hydrogen) atoms. The van der Waals surface area contributed by atoms with E-state index in [0.717, 1.165) is 18.4 Å². The average Bonchev–Trinajstić information content (AvgIpc) is 2.70. The van der Waals surface area contributed by atoms with E-state index in [2.05, 4.69) is 15.6 Å². The molecule has 6 nitrogen and oxygen atoms in total. The van der Waals surface area contributed by atoms with Crippen molar-refractivity contribution in [2.45, 2.75) is 38.7 Å². The van der Waals surface area contributed by atoms with E-state index in [9.17, 15) is 12.8 Å². The van der Waals surface area contributed by atoms with Gasteiger partial charge in [-0.3, -0.25) is 0 Å². The Bertz CT molecular complexity index is 940. The first-order valence-electron chi connectivity index (χ1n) is 9.99. The van der Waals surface area contributed by atoms with Gasteiger partial charge in [0.25, 0.3) is 0 Å². The molecular weight excluding hydrogens is 532 g/mol. The number of hydrogen-bond acceptors (Lipinski definition) is 4. The Balaban J connectivity index is 0.00000480. The van der Waals surface area contributed by atoms with Gasteiger partial charge in [0.15, 0.2) is 15.8 Å². The number of halogens is 2. The second-order valence-corrected chi connectivity index (χ2v) is 9.16. The summed E-state index contributed by atoms with van der Waals surface area (Å²) in [5.41, 5.74) is 1.10. The molecule has 0 amide bonds. The summed E-state index contributed by atoms with van der Waals surface area (Å²) in [6.45, 7) is 5.35. The zero-order chi connectivity index (χ0) is 22.0. The molecule has 0 heterocycles. The summed E-state index contributed by atoms with van der Waals surface area (Å²) < 4.78 is 43.0. The van der Waals surface area contributed by atoms with Crippen molar-refractivity contribution in [3.63, 3.8) is 0 Å². The van der Waals surface area contributed by atoms with E-state index in [0.29, 0.717) is 30.2 Å². The van der Waals surface area contributed by atoms with Gasteiger partial charge in [0.1, 0.15) is 17.7 Å². The van der Waals surface area contributed by atoms with Crippen LogP contribution < -0.4 is 15.4 Å². The average molecular weight is 563 g/mol. The van der Waals surface area contributed by atoms with Gasteiger partial charge in [0.2, 0.25) is 0 Å². The van der Waals surface area contributed by atoms with Gasteiger partial charge in [0, 0.05) is 12.8 Å². The highest BCUT2D eigenvalue weighted by Gasteiger charge is 2.12. The van der Waals surface area contributed by atoms with E-state index in [-0.39, 0.29) is 42.4 Å². The van der Waals surface area contributed by atoms with Crippen LogP contribution in [0.1, 0.15) is 31.4 Å². The number of hydrogen-bond donors (Lipinski definition) is 2. The number of sulfone groups is 1. The predicted molar refractivity (Wildman–Crippen MR) is 134 cm³/mol. The first-order chi connectivity index (χ1) is 14.3. The molecule has 0 aromatic heterocycles. The summed E-state index contributed by atoms with van der Waals surface area (Å²) in [5, 5.41) is 6.40. The molecule has 0 fully saturated rings. The van der Waals surface area contributed by atoms with Gasteiger partial charge in [0.05, 0.1) is 18.8 Å². The summed E-state index contributed by atoms with van der Waals surface area (Å²) >= 11 is 0. The van der Waals surface area contributed by atoms with Gasteiger partial charge in [-0.05, 0) is 48.7 Å². The Morgan fingerprint density at radius 1 is 1.10 bits per heavy atom. The molecule has 2 aromatic rings. The highest BCUT2D eigenvalue weighted by atomic mass is 127. The number of nitrogens with one attached hydrogen (secondary N) is 2. The lowest BCUT2D eigenvalue weighted by atomic mass is 10.1. The maximum atomic E-state index is 13.7. The second-order valence-electron chi connectivity index (χ2n) is 7.02. The molecule has 2 rings (SSSR count). The molecule has 0 saturated carbocycles. The Labute approximate surface area is 201 Å². The van der Waals surface area contributed by atoms with Crippen LogP contribution in [0, 0.1) is 5.82 Å². The van der Waals surface area contributed by atoms with Gasteiger partial charge in [-0.15, -0.1) is 24.0 Å². The van der Waals surface area contributed by atoms with Gasteiger partial charge in [-0.2, -0.15) is 0 Å². The molecule has 0 bridgehead atoms. The number of aliphatic imine (C=N–C) groups is 1. The molecule has 0 aliphatic carbocycles. The van der Waals surface area contributed by atoms with Crippen molar-refractivity contribution in [1.82, 2.24) is 10.6 Å². The van der Waals surface area contributed by atoms with E-state index in [4.69, 9.17) is 4.74 Å². The fourth-order valence-electron chi connectivity index (χ4n) is 2.84. The summed E-state index contributed by atoms with van der Waals surface area (Å²) in [6.07, 6.45) is 1.92. The van der Waals surface area contributed by atoms with E-state index in [1.807, 2.05) is 44.2 Å². The third-order valence-electron chi connectivity index (χ3n) is 4.34. The highest BCUT2D eigenvalue weighted by Crippen LogP contribution is 2.16. The molecule has 0 aliphatic heterocycles. The molecule has 0 aliphatic rings. The van der Waals surface area contributed by atoms with Crippen LogP contribution in [0.15, 0.2) is 53.5 Å². The number of ether oxygens (including phenoxy) is 1. The van der Waals surface area contributed by atoms with E-state index >= 15 is 0 Å². The predicted octanol–water partition coefficient (Wildman–Crippen LogP) is 3.90. The Hall–Kier alpha value is -1.88. The minimum absolute atomic E-state index is 0. The molecule has 1 atom stereocenters. The number of rotatable bonds is 10. The smallest absolute Gasteiger partial charge is 0.191 e. The summed E-state index contributed by atoms with van der Waals surface area (Å²) in [7, 11) is -3.23. The molecule has 2 N–H and O–H groups in total. The van der Waals surface area contributed by atoms with Crippen molar-refractivity contribution in [3.8, 4) is 5.75 Å². The van der Waals surface area contributed by atoms with E-state index in [1.165, 1.54) is 18.2 Å². The summed E-state index contributed by atoms with van der Waals surface area (Å²) in [6, 6.07) is 13.7. The lowest BCUT2D eigenvalue weighted by molar-refractivity contribution is 0.199. The monoisotopic (exact) mass is 563 g/mol. The number of nitrogens with zero attached hydrogens (tertiary/aromatic N) is 1. The largest absolute Gasteiger partial charge is 0.489 e. The molecule has 0 spiro atoms. The van der Waals surface area contributed by atoms with E-state index in [1.54, 1.807) is 0 Å². The van der Waals surface area contributed by atoms with Crippen molar-refractivity contribution < 1.29 is 17.5 Å². The zero-order valence-corrected chi connectivity index (χ0v) is 21.2. The molecular formula is C22H31FIN3O3S. The standard InChI is InChI=1S/C22H30FN3O3S.HI/c1-4-20(29-21-9-7-6-8-10-21)15-26-22(24-5-2)25-14-18-13-19(23)12-11-17(18)16-30(3,27)28;/h6-13,20H,4-5,14-16H2,1-3H3,(H2,24,25,26);1H. The molecule has 0 radical (unpaired) electrons. The van der Waals surface area contributed by atoms with Gasteiger partial charge in [-0.1, -0.05) is 31.2 Å². The summed E-state index contributed by atoms with van der Waals surface area (Å²) in [5.74, 6) is 0.795. The maximum Gasteiger partial charge on any atom is 0.191 e. The normalized spacial score (nSPS) is 12.6. The highest BCUT2D eigenvalue weighted by molar-refractivity contribution is 14.0. The summed E-state index contributed by atoms with van der Waals surface area (Å²) in [4.78, 5) is 4.51. The quantitative estimate of drug-likeness (QED) is 0.261. The number of guanidine groups is 1. The Morgan fingerprint density at radius 2 is 1.81 bits per heavy atom. The van der Waals surface area contributed by atoms with Crippen LogP contribution in [0.25, 0.3) is 0 Å². The lowest BCUT2D eigenvalue weighted by Gasteiger charge is -2.20.